The summed E-state index contributed by atoms with van der Waals surface area (Å²) in [4.78, 5) is 14.6. The largest absolute Gasteiger partial charge is 0.399 e. The molecule has 1 saturated heterocycles. The normalized spacial score (nSPS) is 17.2. The average Bonchev–Trinajstić information content (AvgIpc) is 2.89. The molecular weight excluding hydrogens is 266 g/mol. The zero-order chi connectivity index (χ0) is 14.8. The predicted molar refractivity (Wildman–Crippen MR) is 83.1 cm³/mol. The van der Waals surface area contributed by atoms with Crippen LogP contribution in [0.4, 0.5) is 5.69 Å². The van der Waals surface area contributed by atoms with Gasteiger partial charge < -0.3 is 16.0 Å². The Morgan fingerprint density at radius 3 is 3.00 bits per heavy atom. The molecule has 0 atom stereocenters. The van der Waals surface area contributed by atoms with Crippen LogP contribution in [0, 0.1) is 5.92 Å². The van der Waals surface area contributed by atoms with Crippen LogP contribution in [-0.2, 0) is 0 Å². The molecule has 1 fully saturated rings. The summed E-state index contributed by atoms with van der Waals surface area (Å²) >= 11 is 0. The standard InChI is InChI=1S/C15H21N5O/c1-20-6-4-10(5-7-20)9-17-15(21)14-12-8-11(16)2-3-13(12)18-19-14/h2-3,8,10H,4-7,9,16H2,1H3,(H,17,21)(H,18,19). The molecule has 0 radical (unpaired) electrons. The molecule has 1 amide bonds. The van der Waals surface area contributed by atoms with Crippen molar-refractivity contribution in [3.05, 3.63) is 23.9 Å². The summed E-state index contributed by atoms with van der Waals surface area (Å²) in [6.45, 7) is 2.91. The number of anilines is 1. The quantitative estimate of drug-likeness (QED) is 0.741. The highest BCUT2D eigenvalue weighted by Crippen LogP contribution is 2.19. The molecular formula is C15H21N5O. The number of nitrogens with one attached hydrogen (secondary N) is 2. The summed E-state index contributed by atoms with van der Waals surface area (Å²) in [5.74, 6) is 0.422. The number of aromatic nitrogens is 2. The highest BCUT2D eigenvalue weighted by molar-refractivity contribution is 6.05. The number of benzene rings is 1. The van der Waals surface area contributed by atoms with Crippen molar-refractivity contribution in [2.24, 2.45) is 5.92 Å². The summed E-state index contributed by atoms with van der Waals surface area (Å²) in [6.07, 6.45) is 2.26. The van der Waals surface area contributed by atoms with Gasteiger partial charge in [-0.3, -0.25) is 9.89 Å². The summed E-state index contributed by atoms with van der Waals surface area (Å²) in [5, 5.41) is 10.8. The second kappa shape index (κ2) is 5.73. The van der Waals surface area contributed by atoms with E-state index in [-0.39, 0.29) is 5.91 Å². The van der Waals surface area contributed by atoms with Gasteiger partial charge in [-0.05, 0) is 57.1 Å². The summed E-state index contributed by atoms with van der Waals surface area (Å²) in [6, 6.07) is 5.41. The fraction of sp³-hybridized carbons (Fsp3) is 0.467. The molecule has 1 aliphatic heterocycles. The number of nitrogens with two attached hydrogens (primary N) is 1. The van der Waals surface area contributed by atoms with Crippen LogP contribution in [0.5, 0.6) is 0 Å². The van der Waals surface area contributed by atoms with Gasteiger partial charge in [-0.2, -0.15) is 5.10 Å². The van der Waals surface area contributed by atoms with Gasteiger partial charge in [0, 0.05) is 17.6 Å². The van der Waals surface area contributed by atoms with Gasteiger partial charge in [0.2, 0.25) is 0 Å². The Hall–Kier alpha value is -2.08. The number of carbonyl (C=O) groups is 1. The van der Waals surface area contributed by atoms with E-state index in [9.17, 15) is 4.79 Å². The third-order valence-electron chi connectivity index (χ3n) is 4.19. The van der Waals surface area contributed by atoms with E-state index in [0.29, 0.717) is 23.8 Å². The van der Waals surface area contributed by atoms with Crippen LogP contribution in [0.25, 0.3) is 10.9 Å². The minimum Gasteiger partial charge on any atom is -0.399 e. The van der Waals surface area contributed by atoms with E-state index in [1.807, 2.05) is 6.07 Å². The van der Waals surface area contributed by atoms with Crippen molar-refractivity contribution >= 4 is 22.5 Å². The minimum absolute atomic E-state index is 0.134. The van der Waals surface area contributed by atoms with Gasteiger partial charge in [-0.15, -0.1) is 0 Å². The lowest BCUT2D eigenvalue weighted by molar-refractivity contribution is 0.0935. The number of amides is 1. The van der Waals surface area contributed by atoms with Crippen molar-refractivity contribution in [2.75, 3.05) is 32.4 Å². The monoisotopic (exact) mass is 287 g/mol. The lowest BCUT2D eigenvalue weighted by Crippen LogP contribution is -2.37. The number of nitrogen functional groups attached to an aromatic ring is 1. The second-order valence-electron chi connectivity index (χ2n) is 5.83. The molecule has 112 valence electrons. The molecule has 1 aromatic heterocycles. The van der Waals surface area contributed by atoms with Crippen molar-refractivity contribution in [3.63, 3.8) is 0 Å². The first-order valence-electron chi connectivity index (χ1n) is 7.34. The molecule has 21 heavy (non-hydrogen) atoms. The number of H-pyrrole nitrogens is 1. The SMILES string of the molecule is CN1CCC(CNC(=O)c2n[nH]c3ccc(N)cc23)CC1. The van der Waals surface area contributed by atoms with Gasteiger partial charge in [0.15, 0.2) is 5.69 Å². The fourth-order valence-electron chi connectivity index (χ4n) is 2.79. The van der Waals surface area contributed by atoms with E-state index in [1.165, 1.54) is 0 Å². The summed E-state index contributed by atoms with van der Waals surface area (Å²) in [5.41, 5.74) is 7.66. The maximum absolute atomic E-state index is 12.3. The Balaban J connectivity index is 1.65. The van der Waals surface area contributed by atoms with Crippen LogP contribution in [0.2, 0.25) is 0 Å². The van der Waals surface area contributed by atoms with Gasteiger partial charge in [0.1, 0.15) is 0 Å². The Bertz CT molecular complexity index is 643. The number of likely N-dealkylation sites (tertiary alicyclic amines) is 1. The fourth-order valence-corrected chi connectivity index (χ4v) is 2.79. The van der Waals surface area contributed by atoms with Gasteiger partial charge in [0.05, 0.1) is 5.52 Å². The molecule has 6 nitrogen and oxygen atoms in total. The number of nitrogens with zero attached hydrogens (tertiary/aromatic N) is 2. The molecule has 1 aromatic carbocycles. The van der Waals surface area contributed by atoms with E-state index in [0.717, 1.165) is 36.8 Å². The van der Waals surface area contributed by atoms with Crippen molar-refractivity contribution in [1.29, 1.82) is 0 Å². The Kier molecular flexibility index (Phi) is 3.79. The summed E-state index contributed by atoms with van der Waals surface area (Å²) < 4.78 is 0. The van der Waals surface area contributed by atoms with Gasteiger partial charge in [-0.1, -0.05) is 0 Å². The van der Waals surface area contributed by atoms with Crippen molar-refractivity contribution in [3.8, 4) is 0 Å². The van der Waals surface area contributed by atoms with Crippen molar-refractivity contribution in [1.82, 2.24) is 20.4 Å². The Morgan fingerprint density at radius 1 is 1.48 bits per heavy atom. The van der Waals surface area contributed by atoms with E-state index in [1.54, 1.807) is 12.1 Å². The van der Waals surface area contributed by atoms with Crippen LogP contribution in [0.3, 0.4) is 0 Å². The molecule has 0 bridgehead atoms. The predicted octanol–water partition coefficient (Wildman–Crippen LogP) is 1.22. The molecule has 4 N–H and O–H groups in total. The number of hydrogen-bond donors (Lipinski definition) is 3. The Morgan fingerprint density at radius 2 is 2.24 bits per heavy atom. The maximum atomic E-state index is 12.3. The molecule has 2 heterocycles. The number of fused-ring (bicyclic) bond motifs is 1. The van der Waals surface area contributed by atoms with E-state index in [2.05, 4.69) is 27.5 Å². The van der Waals surface area contributed by atoms with Gasteiger partial charge >= 0.3 is 0 Å². The lowest BCUT2D eigenvalue weighted by Gasteiger charge is -2.28. The average molecular weight is 287 g/mol. The smallest absolute Gasteiger partial charge is 0.272 e. The maximum Gasteiger partial charge on any atom is 0.272 e. The van der Waals surface area contributed by atoms with E-state index in [4.69, 9.17) is 5.73 Å². The van der Waals surface area contributed by atoms with Gasteiger partial charge in [-0.25, -0.2) is 0 Å². The van der Waals surface area contributed by atoms with Crippen LogP contribution in [-0.4, -0.2) is 47.7 Å². The van der Waals surface area contributed by atoms with Gasteiger partial charge in [0.25, 0.3) is 5.91 Å². The van der Waals surface area contributed by atoms with Crippen LogP contribution in [0.15, 0.2) is 18.2 Å². The first-order chi connectivity index (χ1) is 10.1. The van der Waals surface area contributed by atoms with E-state index < -0.39 is 0 Å². The van der Waals surface area contributed by atoms with Crippen LogP contribution >= 0.6 is 0 Å². The minimum atomic E-state index is -0.134. The molecule has 0 aliphatic carbocycles. The highest BCUT2D eigenvalue weighted by atomic mass is 16.1. The van der Waals surface area contributed by atoms with Crippen LogP contribution < -0.4 is 11.1 Å². The molecule has 1 aliphatic rings. The van der Waals surface area contributed by atoms with Crippen molar-refractivity contribution in [2.45, 2.75) is 12.8 Å². The molecule has 2 aromatic rings. The highest BCUT2D eigenvalue weighted by Gasteiger charge is 2.19. The molecule has 0 unspecified atom stereocenters. The third kappa shape index (κ3) is 3.00. The zero-order valence-corrected chi connectivity index (χ0v) is 12.2. The topological polar surface area (TPSA) is 87.0 Å². The molecule has 3 rings (SSSR count). The first kappa shape index (κ1) is 13.9. The number of carbonyl (C=O) groups excluding carboxylic acids is 1. The number of aromatic amines is 1. The number of rotatable bonds is 3. The lowest BCUT2D eigenvalue weighted by atomic mass is 9.97. The Labute approximate surface area is 123 Å². The molecule has 0 saturated carbocycles. The van der Waals surface area contributed by atoms with E-state index >= 15 is 0 Å². The number of piperidine rings is 1. The molecule has 6 heteroatoms. The third-order valence-corrected chi connectivity index (χ3v) is 4.19. The first-order valence-corrected chi connectivity index (χ1v) is 7.34. The molecule has 0 spiro atoms. The van der Waals surface area contributed by atoms with Crippen LogP contribution in [0.1, 0.15) is 23.3 Å². The van der Waals surface area contributed by atoms with Crippen molar-refractivity contribution < 1.29 is 4.79 Å². The second-order valence-corrected chi connectivity index (χ2v) is 5.83. The zero-order valence-electron chi connectivity index (χ0n) is 12.2. The number of hydrogen-bond acceptors (Lipinski definition) is 4. The summed E-state index contributed by atoms with van der Waals surface area (Å²) in [7, 11) is 2.13.